The van der Waals surface area contributed by atoms with Gasteiger partial charge in [0.25, 0.3) is 0 Å². The maximum Gasteiger partial charge on any atom is 0.224 e. The number of Topliss-reactive ketones (excluding diaryl/α,β-unsaturated/α-hetero) is 1. The van der Waals surface area contributed by atoms with Gasteiger partial charge in [0, 0.05) is 36.5 Å². The molecule has 0 saturated carbocycles. The van der Waals surface area contributed by atoms with Gasteiger partial charge in [0.1, 0.15) is 11.5 Å². The van der Waals surface area contributed by atoms with Crippen molar-refractivity contribution >= 4 is 11.7 Å². The molecule has 1 aliphatic heterocycles. The van der Waals surface area contributed by atoms with Gasteiger partial charge in [-0.15, -0.1) is 0 Å². The number of fused-ring (bicyclic) bond motifs is 1. The van der Waals surface area contributed by atoms with Crippen LogP contribution in [0.25, 0.3) is 0 Å². The van der Waals surface area contributed by atoms with Crippen molar-refractivity contribution in [3.05, 3.63) is 46.2 Å². The van der Waals surface area contributed by atoms with E-state index in [-0.39, 0.29) is 24.2 Å². The molecule has 1 atom stereocenters. The Bertz CT molecular complexity index is 887. The normalized spacial score (nSPS) is 19.1. The standard InChI is InChI=1S/C22H28N2O4/c1-14-8-9-16(28-14)12-23-21(26)11-18-15(2)24(13-17-5-4-10-27-17)19-6-3-7-20(25)22(18)19/h8-9,17H,3-7,10-13H2,1-2H3,(H,23,26). The van der Waals surface area contributed by atoms with E-state index < -0.39 is 0 Å². The summed E-state index contributed by atoms with van der Waals surface area (Å²) >= 11 is 0. The quantitative estimate of drug-likeness (QED) is 0.830. The zero-order chi connectivity index (χ0) is 19.7. The Labute approximate surface area is 165 Å². The molecule has 2 aromatic rings. The number of hydrogen-bond acceptors (Lipinski definition) is 4. The maximum absolute atomic E-state index is 12.7. The lowest BCUT2D eigenvalue weighted by atomic mass is 9.92. The van der Waals surface area contributed by atoms with Crippen molar-refractivity contribution in [1.29, 1.82) is 0 Å². The first-order valence-corrected chi connectivity index (χ1v) is 10.2. The number of nitrogens with zero attached hydrogens (tertiary/aromatic N) is 1. The summed E-state index contributed by atoms with van der Waals surface area (Å²) in [6, 6.07) is 3.75. The van der Waals surface area contributed by atoms with Gasteiger partial charge < -0.3 is 19.0 Å². The highest BCUT2D eigenvalue weighted by atomic mass is 16.5. The molecule has 28 heavy (non-hydrogen) atoms. The number of carbonyl (C=O) groups excluding carboxylic acids is 2. The van der Waals surface area contributed by atoms with Gasteiger partial charge >= 0.3 is 0 Å². The second-order valence-electron chi connectivity index (χ2n) is 7.87. The van der Waals surface area contributed by atoms with Gasteiger partial charge in [-0.3, -0.25) is 9.59 Å². The van der Waals surface area contributed by atoms with Crippen LogP contribution in [0.2, 0.25) is 0 Å². The van der Waals surface area contributed by atoms with E-state index in [1.807, 2.05) is 26.0 Å². The summed E-state index contributed by atoms with van der Waals surface area (Å²) < 4.78 is 13.6. The van der Waals surface area contributed by atoms with Gasteiger partial charge in [0.15, 0.2) is 5.78 Å². The number of amides is 1. The highest BCUT2D eigenvalue weighted by Gasteiger charge is 2.30. The minimum absolute atomic E-state index is 0.0902. The van der Waals surface area contributed by atoms with Crippen LogP contribution < -0.4 is 5.32 Å². The summed E-state index contributed by atoms with van der Waals surface area (Å²) in [6.45, 7) is 5.85. The van der Waals surface area contributed by atoms with Crippen molar-refractivity contribution in [2.24, 2.45) is 0 Å². The van der Waals surface area contributed by atoms with Crippen LogP contribution in [-0.2, 0) is 35.5 Å². The van der Waals surface area contributed by atoms with Crippen LogP contribution in [0.1, 0.15) is 64.5 Å². The molecule has 2 aliphatic rings. The number of nitrogens with one attached hydrogen (secondary N) is 1. The van der Waals surface area contributed by atoms with E-state index in [1.165, 1.54) is 0 Å². The zero-order valence-corrected chi connectivity index (χ0v) is 16.7. The Hall–Kier alpha value is -2.34. The minimum Gasteiger partial charge on any atom is -0.465 e. The highest BCUT2D eigenvalue weighted by molar-refractivity contribution is 6.01. The third kappa shape index (κ3) is 3.78. The van der Waals surface area contributed by atoms with Gasteiger partial charge in [0.2, 0.25) is 5.91 Å². The monoisotopic (exact) mass is 384 g/mol. The molecule has 1 aliphatic carbocycles. The number of aryl methyl sites for hydroxylation is 1. The zero-order valence-electron chi connectivity index (χ0n) is 16.7. The number of ketones is 1. The summed E-state index contributed by atoms with van der Waals surface area (Å²) in [7, 11) is 0. The van der Waals surface area contributed by atoms with Gasteiger partial charge in [-0.2, -0.15) is 0 Å². The van der Waals surface area contributed by atoms with Crippen LogP contribution in [0.5, 0.6) is 0 Å². The molecule has 0 spiro atoms. The maximum atomic E-state index is 12.7. The van der Waals surface area contributed by atoms with Gasteiger partial charge in [-0.1, -0.05) is 0 Å². The summed E-state index contributed by atoms with van der Waals surface area (Å²) in [4.78, 5) is 25.3. The molecule has 6 nitrogen and oxygen atoms in total. The lowest BCUT2D eigenvalue weighted by Crippen LogP contribution is -2.25. The van der Waals surface area contributed by atoms with E-state index in [2.05, 4.69) is 9.88 Å². The molecule has 3 heterocycles. The van der Waals surface area contributed by atoms with Crippen molar-refractivity contribution in [2.45, 2.75) is 71.6 Å². The predicted molar refractivity (Wildman–Crippen MR) is 104 cm³/mol. The van der Waals surface area contributed by atoms with Crippen molar-refractivity contribution in [1.82, 2.24) is 9.88 Å². The Kier molecular flexibility index (Phi) is 5.40. The first kappa shape index (κ1) is 19.0. The molecule has 150 valence electrons. The van der Waals surface area contributed by atoms with Crippen molar-refractivity contribution in [2.75, 3.05) is 6.61 Å². The fourth-order valence-electron chi connectivity index (χ4n) is 4.43. The fraction of sp³-hybridized carbons (Fsp3) is 0.545. The van der Waals surface area contributed by atoms with Crippen molar-refractivity contribution < 1.29 is 18.7 Å². The molecule has 2 aromatic heterocycles. The molecule has 0 aromatic carbocycles. The SMILES string of the molecule is Cc1ccc(CNC(=O)Cc2c3c(n(CC4CCCO4)c2C)CCCC3=O)o1. The molecule has 1 saturated heterocycles. The topological polar surface area (TPSA) is 73.5 Å². The molecular weight excluding hydrogens is 356 g/mol. The molecule has 0 radical (unpaired) electrons. The Balaban J connectivity index is 1.54. The van der Waals surface area contributed by atoms with E-state index in [0.717, 1.165) is 72.9 Å². The Morgan fingerprint density at radius 2 is 2.11 bits per heavy atom. The summed E-state index contributed by atoms with van der Waals surface area (Å²) in [5, 5.41) is 2.91. The van der Waals surface area contributed by atoms with Gasteiger partial charge in [-0.05, 0) is 57.2 Å². The second kappa shape index (κ2) is 7.95. The van der Waals surface area contributed by atoms with Gasteiger partial charge in [0.05, 0.1) is 19.1 Å². The molecule has 1 N–H and O–H groups in total. The van der Waals surface area contributed by atoms with Crippen LogP contribution in [0, 0.1) is 13.8 Å². The number of hydrogen-bond donors (Lipinski definition) is 1. The first-order chi connectivity index (χ1) is 13.5. The molecule has 1 fully saturated rings. The molecular formula is C22H28N2O4. The lowest BCUT2D eigenvalue weighted by molar-refractivity contribution is -0.120. The number of carbonyl (C=O) groups is 2. The third-order valence-electron chi connectivity index (χ3n) is 5.86. The van der Waals surface area contributed by atoms with Crippen LogP contribution in [0.3, 0.4) is 0 Å². The van der Waals surface area contributed by atoms with Crippen molar-refractivity contribution in [3.8, 4) is 0 Å². The Morgan fingerprint density at radius 3 is 2.82 bits per heavy atom. The number of furan rings is 1. The van der Waals surface area contributed by atoms with Crippen LogP contribution >= 0.6 is 0 Å². The highest BCUT2D eigenvalue weighted by Crippen LogP contribution is 2.31. The molecule has 6 heteroatoms. The van der Waals surface area contributed by atoms with Crippen molar-refractivity contribution in [3.63, 3.8) is 0 Å². The van der Waals surface area contributed by atoms with E-state index in [9.17, 15) is 9.59 Å². The van der Waals surface area contributed by atoms with Crippen LogP contribution in [-0.4, -0.2) is 29.0 Å². The average Bonchev–Trinajstić information content (AvgIpc) is 3.38. The minimum atomic E-state index is -0.0902. The van der Waals surface area contributed by atoms with E-state index >= 15 is 0 Å². The largest absolute Gasteiger partial charge is 0.465 e. The number of rotatable bonds is 6. The number of aromatic nitrogens is 1. The van der Waals surface area contributed by atoms with E-state index in [0.29, 0.717) is 13.0 Å². The summed E-state index contributed by atoms with van der Waals surface area (Å²) in [5.74, 6) is 1.63. The molecule has 4 rings (SSSR count). The molecule has 1 unspecified atom stereocenters. The summed E-state index contributed by atoms with van der Waals surface area (Å²) in [6.07, 6.45) is 4.91. The number of ether oxygens (including phenoxy) is 1. The van der Waals surface area contributed by atoms with E-state index in [4.69, 9.17) is 9.15 Å². The third-order valence-corrected chi connectivity index (χ3v) is 5.86. The average molecular weight is 384 g/mol. The Morgan fingerprint density at radius 1 is 1.25 bits per heavy atom. The summed E-state index contributed by atoms with van der Waals surface area (Å²) in [5.41, 5.74) is 3.78. The van der Waals surface area contributed by atoms with E-state index in [1.54, 1.807) is 0 Å². The molecule has 0 bridgehead atoms. The second-order valence-corrected chi connectivity index (χ2v) is 7.87. The predicted octanol–water partition coefficient (Wildman–Crippen LogP) is 3.25. The van der Waals surface area contributed by atoms with Crippen LogP contribution in [0.15, 0.2) is 16.5 Å². The van der Waals surface area contributed by atoms with Crippen LogP contribution in [0.4, 0.5) is 0 Å². The smallest absolute Gasteiger partial charge is 0.224 e. The van der Waals surface area contributed by atoms with Gasteiger partial charge in [-0.25, -0.2) is 0 Å². The molecule has 1 amide bonds. The fourth-order valence-corrected chi connectivity index (χ4v) is 4.43. The lowest BCUT2D eigenvalue weighted by Gasteiger charge is -2.18. The first-order valence-electron chi connectivity index (χ1n) is 10.2.